The number of H-pyrrole nitrogens is 1. The molecule has 6 nitrogen and oxygen atoms in total. The number of benzene rings is 1. The molecule has 2 heterocycles. The molecule has 7 heteroatoms. The number of hydrogen-bond acceptors (Lipinski definition) is 3. The fourth-order valence-corrected chi connectivity index (χ4v) is 3.13. The third kappa shape index (κ3) is 4.48. The molecule has 0 radical (unpaired) electrons. The van der Waals surface area contributed by atoms with Gasteiger partial charge in [-0.3, -0.25) is 9.59 Å². The summed E-state index contributed by atoms with van der Waals surface area (Å²) in [5.74, 6) is -0.693. The maximum Gasteiger partial charge on any atom is 0.255 e. The molecule has 1 aromatic carbocycles. The molecule has 0 unspecified atom stereocenters. The normalized spacial score (nSPS) is 15.0. The summed E-state index contributed by atoms with van der Waals surface area (Å²) in [4.78, 5) is 31.5. The molecule has 1 fully saturated rings. The average molecular weight is 373 g/mol. The molecule has 0 aliphatic carbocycles. The van der Waals surface area contributed by atoms with Crippen LogP contribution in [0.2, 0.25) is 0 Å². The molecule has 144 valence electrons. The standard InChI is InChI=1S/C20H24FN3O3/c1-14(2)27-18-5-4-15(12-17(18)21)19(25)23-8-3-9-24(11-10-23)20(26)16-6-7-22-13-16/h4-7,12-14,22H,3,8-11H2,1-2H3. The van der Waals surface area contributed by atoms with Gasteiger partial charge in [-0.05, 0) is 44.5 Å². The van der Waals surface area contributed by atoms with E-state index < -0.39 is 5.82 Å². The van der Waals surface area contributed by atoms with E-state index in [2.05, 4.69) is 4.98 Å². The maximum absolute atomic E-state index is 14.2. The van der Waals surface area contributed by atoms with Crippen LogP contribution >= 0.6 is 0 Å². The fraction of sp³-hybridized carbons (Fsp3) is 0.400. The van der Waals surface area contributed by atoms with Gasteiger partial charge in [-0.15, -0.1) is 0 Å². The van der Waals surface area contributed by atoms with E-state index in [9.17, 15) is 14.0 Å². The molecule has 0 bridgehead atoms. The molecule has 2 aromatic rings. The van der Waals surface area contributed by atoms with Gasteiger partial charge in [-0.2, -0.15) is 0 Å². The van der Waals surface area contributed by atoms with Gasteiger partial charge in [0.25, 0.3) is 11.8 Å². The summed E-state index contributed by atoms with van der Waals surface area (Å²) in [5.41, 5.74) is 0.895. The van der Waals surface area contributed by atoms with Crippen molar-refractivity contribution >= 4 is 11.8 Å². The van der Waals surface area contributed by atoms with E-state index >= 15 is 0 Å². The lowest BCUT2D eigenvalue weighted by Crippen LogP contribution is -2.37. The number of nitrogens with zero attached hydrogens (tertiary/aromatic N) is 2. The lowest BCUT2D eigenvalue weighted by atomic mass is 10.1. The lowest BCUT2D eigenvalue weighted by molar-refractivity contribution is 0.0718. The molecule has 1 saturated heterocycles. The largest absolute Gasteiger partial charge is 0.488 e. The van der Waals surface area contributed by atoms with E-state index in [0.717, 1.165) is 0 Å². The average Bonchev–Trinajstić information content (AvgIpc) is 3.06. The molecule has 1 N–H and O–H groups in total. The highest BCUT2D eigenvalue weighted by molar-refractivity contribution is 5.95. The van der Waals surface area contributed by atoms with Gasteiger partial charge in [-0.1, -0.05) is 0 Å². The van der Waals surface area contributed by atoms with E-state index in [-0.39, 0.29) is 29.2 Å². The molecule has 3 rings (SSSR count). The van der Waals surface area contributed by atoms with Crippen molar-refractivity contribution in [3.05, 3.63) is 53.6 Å². The molecule has 1 aromatic heterocycles. The summed E-state index contributed by atoms with van der Waals surface area (Å²) in [7, 11) is 0. The Bertz CT molecular complexity index is 805. The highest BCUT2D eigenvalue weighted by atomic mass is 19.1. The summed E-state index contributed by atoms with van der Waals surface area (Å²) in [6, 6.07) is 6.02. The maximum atomic E-state index is 14.2. The first-order valence-corrected chi connectivity index (χ1v) is 9.13. The fourth-order valence-electron chi connectivity index (χ4n) is 3.13. The number of nitrogens with one attached hydrogen (secondary N) is 1. The van der Waals surface area contributed by atoms with Gasteiger partial charge in [0.05, 0.1) is 11.7 Å². The van der Waals surface area contributed by atoms with E-state index in [1.54, 1.807) is 34.3 Å². The van der Waals surface area contributed by atoms with Crippen molar-refractivity contribution in [1.29, 1.82) is 0 Å². The second-order valence-electron chi connectivity index (χ2n) is 6.85. The van der Waals surface area contributed by atoms with E-state index in [1.807, 2.05) is 13.8 Å². The predicted octanol–water partition coefficient (Wildman–Crippen LogP) is 2.93. The zero-order valence-corrected chi connectivity index (χ0v) is 15.6. The first kappa shape index (κ1) is 18.9. The first-order chi connectivity index (χ1) is 13.0. The zero-order valence-electron chi connectivity index (χ0n) is 15.6. The van der Waals surface area contributed by atoms with Crippen LogP contribution in [0.5, 0.6) is 5.75 Å². The van der Waals surface area contributed by atoms with Crippen LogP contribution in [0, 0.1) is 5.82 Å². The molecule has 0 saturated carbocycles. The number of aromatic nitrogens is 1. The summed E-state index contributed by atoms with van der Waals surface area (Å²) in [6.07, 6.45) is 3.91. The Hall–Kier alpha value is -2.83. The molecule has 1 aliphatic rings. The number of rotatable bonds is 4. The molecular formula is C20H24FN3O3. The quantitative estimate of drug-likeness (QED) is 0.896. The molecule has 0 spiro atoms. The predicted molar refractivity (Wildman–Crippen MR) is 99.4 cm³/mol. The number of halogens is 1. The Balaban J connectivity index is 1.66. The number of hydrogen-bond donors (Lipinski definition) is 1. The summed E-state index contributed by atoms with van der Waals surface area (Å²) < 4.78 is 19.6. The van der Waals surface area contributed by atoms with Crippen molar-refractivity contribution in [3.63, 3.8) is 0 Å². The van der Waals surface area contributed by atoms with Gasteiger partial charge < -0.3 is 19.5 Å². The van der Waals surface area contributed by atoms with Crippen molar-refractivity contribution in [2.45, 2.75) is 26.4 Å². The van der Waals surface area contributed by atoms with Crippen molar-refractivity contribution in [1.82, 2.24) is 14.8 Å². The third-order valence-corrected chi connectivity index (χ3v) is 4.46. The van der Waals surface area contributed by atoms with Gasteiger partial charge in [0.2, 0.25) is 0 Å². The van der Waals surface area contributed by atoms with Crippen LogP contribution in [0.4, 0.5) is 4.39 Å². The van der Waals surface area contributed by atoms with Crippen LogP contribution in [0.15, 0.2) is 36.7 Å². The van der Waals surface area contributed by atoms with Gasteiger partial charge >= 0.3 is 0 Å². The Morgan fingerprint density at radius 2 is 1.70 bits per heavy atom. The summed E-state index contributed by atoms with van der Waals surface area (Å²) >= 11 is 0. The Morgan fingerprint density at radius 3 is 2.26 bits per heavy atom. The minimum Gasteiger partial charge on any atom is -0.488 e. The van der Waals surface area contributed by atoms with Crippen LogP contribution in [0.3, 0.4) is 0 Å². The molecule has 27 heavy (non-hydrogen) atoms. The van der Waals surface area contributed by atoms with Crippen LogP contribution in [-0.4, -0.2) is 58.9 Å². The van der Waals surface area contributed by atoms with Crippen LogP contribution in [0.25, 0.3) is 0 Å². The highest BCUT2D eigenvalue weighted by Gasteiger charge is 2.24. The molecular weight excluding hydrogens is 349 g/mol. The topological polar surface area (TPSA) is 65.6 Å². The number of carbonyl (C=O) groups is 2. The van der Waals surface area contributed by atoms with Crippen LogP contribution in [-0.2, 0) is 0 Å². The summed E-state index contributed by atoms with van der Waals surface area (Å²) in [5, 5.41) is 0. The summed E-state index contributed by atoms with van der Waals surface area (Å²) in [6.45, 7) is 5.62. The zero-order chi connectivity index (χ0) is 19.4. The van der Waals surface area contributed by atoms with Gasteiger partial charge in [0.1, 0.15) is 0 Å². The van der Waals surface area contributed by atoms with Crippen molar-refractivity contribution in [2.75, 3.05) is 26.2 Å². The van der Waals surface area contributed by atoms with Gasteiger partial charge in [0, 0.05) is 44.1 Å². The highest BCUT2D eigenvalue weighted by Crippen LogP contribution is 2.21. The Kier molecular flexibility index (Phi) is 5.78. The van der Waals surface area contributed by atoms with Gasteiger partial charge in [0.15, 0.2) is 11.6 Å². The van der Waals surface area contributed by atoms with Gasteiger partial charge in [-0.25, -0.2) is 4.39 Å². The van der Waals surface area contributed by atoms with E-state index in [4.69, 9.17) is 4.74 Å². The minimum atomic E-state index is -0.548. The number of carbonyl (C=O) groups excluding carboxylic acids is 2. The third-order valence-electron chi connectivity index (χ3n) is 4.46. The van der Waals surface area contributed by atoms with E-state index in [1.165, 1.54) is 12.1 Å². The SMILES string of the molecule is CC(C)Oc1ccc(C(=O)N2CCCN(C(=O)c3cc[nH]c3)CC2)cc1F. The van der Waals surface area contributed by atoms with E-state index in [0.29, 0.717) is 38.2 Å². The Morgan fingerprint density at radius 1 is 1.04 bits per heavy atom. The first-order valence-electron chi connectivity index (χ1n) is 9.13. The monoisotopic (exact) mass is 373 g/mol. The van der Waals surface area contributed by atoms with Crippen molar-refractivity contribution in [2.24, 2.45) is 0 Å². The molecule has 2 amide bonds. The second kappa shape index (κ2) is 8.24. The minimum absolute atomic E-state index is 0.0493. The number of ether oxygens (including phenoxy) is 1. The van der Waals surface area contributed by atoms with Crippen molar-refractivity contribution < 1.29 is 18.7 Å². The lowest BCUT2D eigenvalue weighted by Gasteiger charge is -2.22. The molecule has 1 aliphatic heterocycles. The number of amides is 2. The van der Waals surface area contributed by atoms with Crippen LogP contribution in [0.1, 0.15) is 41.0 Å². The second-order valence-corrected chi connectivity index (χ2v) is 6.85. The van der Waals surface area contributed by atoms with Crippen LogP contribution < -0.4 is 4.74 Å². The Labute approximate surface area is 157 Å². The molecule has 0 atom stereocenters. The number of aromatic amines is 1. The van der Waals surface area contributed by atoms with Crippen molar-refractivity contribution in [3.8, 4) is 5.75 Å². The smallest absolute Gasteiger partial charge is 0.255 e.